The zero-order chi connectivity index (χ0) is 15.1. The largest absolute Gasteiger partial charge is 0.508 e. The summed E-state index contributed by atoms with van der Waals surface area (Å²) in [6, 6.07) is 9.23. The molecule has 1 heterocycles. The molecule has 5 nitrogen and oxygen atoms in total. The van der Waals surface area contributed by atoms with Gasteiger partial charge in [0, 0.05) is 10.9 Å². The minimum Gasteiger partial charge on any atom is -0.508 e. The first-order valence-electron chi connectivity index (χ1n) is 6.26. The highest BCUT2D eigenvalue weighted by Gasteiger charge is 2.18. The second-order valence-electron chi connectivity index (χ2n) is 4.82. The van der Waals surface area contributed by atoms with E-state index in [0.29, 0.717) is 10.9 Å². The van der Waals surface area contributed by atoms with Crippen molar-refractivity contribution in [2.24, 2.45) is 0 Å². The van der Waals surface area contributed by atoms with Gasteiger partial charge in [-0.15, -0.1) is 0 Å². The Balaban J connectivity index is 2.47. The van der Waals surface area contributed by atoms with Crippen LogP contribution < -0.4 is 5.63 Å². The fourth-order valence-corrected chi connectivity index (χ4v) is 2.34. The molecule has 0 unspecified atom stereocenters. The van der Waals surface area contributed by atoms with E-state index < -0.39 is 11.4 Å². The van der Waals surface area contributed by atoms with Gasteiger partial charge in [0.15, 0.2) is 11.3 Å². The van der Waals surface area contributed by atoms with Gasteiger partial charge in [0.1, 0.15) is 5.75 Å². The average molecular weight is 284 g/mol. The molecule has 0 radical (unpaired) electrons. The molecule has 0 amide bonds. The van der Waals surface area contributed by atoms with Crippen LogP contribution in [0, 0.1) is 6.92 Å². The summed E-state index contributed by atoms with van der Waals surface area (Å²) < 4.78 is 4.96. The molecule has 0 aliphatic carbocycles. The van der Waals surface area contributed by atoms with E-state index in [2.05, 4.69) is 0 Å². The van der Waals surface area contributed by atoms with Crippen molar-refractivity contribution in [2.45, 2.75) is 6.92 Å². The van der Waals surface area contributed by atoms with Crippen molar-refractivity contribution in [2.75, 3.05) is 0 Å². The standard InChI is InChI=1S/C16H12O5/c1-8-6-11-13(9-2-4-10(17)5-3-9)14(19)16(20)21-15(11)12(18)7-8/h2-7,17-19H,1H3. The summed E-state index contributed by atoms with van der Waals surface area (Å²) in [4.78, 5) is 11.8. The Labute approximate surface area is 119 Å². The lowest BCUT2D eigenvalue weighted by atomic mass is 9.99. The zero-order valence-corrected chi connectivity index (χ0v) is 11.1. The number of phenolic OH excluding ortho intramolecular Hbond substituents is 2. The molecular formula is C16H12O5. The summed E-state index contributed by atoms with van der Waals surface area (Å²) in [6.45, 7) is 1.78. The molecule has 0 aliphatic heterocycles. The van der Waals surface area contributed by atoms with Crippen molar-refractivity contribution in [1.82, 2.24) is 0 Å². The molecule has 2 aromatic carbocycles. The molecule has 0 fully saturated rings. The Kier molecular flexibility index (Phi) is 2.83. The maximum absolute atomic E-state index is 11.8. The van der Waals surface area contributed by atoms with Gasteiger partial charge < -0.3 is 19.7 Å². The molecule has 21 heavy (non-hydrogen) atoms. The van der Waals surface area contributed by atoms with E-state index in [1.807, 2.05) is 0 Å². The van der Waals surface area contributed by atoms with E-state index >= 15 is 0 Å². The van der Waals surface area contributed by atoms with E-state index in [-0.39, 0.29) is 22.6 Å². The van der Waals surface area contributed by atoms with Gasteiger partial charge in [-0.25, -0.2) is 4.79 Å². The number of hydrogen-bond acceptors (Lipinski definition) is 5. The molecule has 0 aliphatic rings. The zero-order valence-electron chi connectivity index (χ0n) is 11.1. The molecule has 0 atom stereocenters. The van der Waals surface area contributed by atoms with Crippen LogP contribution in [0.1, 0.15) is 5.56 Å². The highest BCUT2D eigenvalue weighted by molar-refractivity contribution is 5.99. The first-order valence-corrected chi connectivity index (χ1v) is 6.26. The molecule has 3 aromatic rings. The normalized spacial score (nSPS) is 10.9. The van der Waals surface area contributed by atoms with Gasteiger partial charge in [-0.3, -0.25) is 0 Å². The van der Waals surface area contributed by atoms with E-state index in [1.165, 1.54) is 18.2 Å². The molecule has 0 saturated carbocycles. The second kappa shape index (κ2) is 4.56. The number of fused-ring (bicyclic) bond motifs is 1. The lowest BCUT2D eigenvalue weighted by Crippen LogP contribution is -2.01. The molecule has 0 bridgehead atoms. The summed E-state index contributed by atoms with van der Waals surface area (Å²) in [6.07, 6.45) is 0. The highest BCUT2D eigenvalue weighted by atomic mass is 16.4. The summed E-state index contributed by atoms with van der Waals surface area (Å²) in [5.41, 5.74) is 0.651. The van der Waals surface area contributed by atoms with Crippen LogP contribution in [0.3, 0.4) is 0 Å². The number of aromatic hydroxyl groups is 3. The van der Waals surface area contributed by atoms with Gasteiger partial charge >= 0.3 is 5.63 Å². The van der Waals surface area contributed by atoms with Gasteiger partial charge in [-0.1, -0.05) is 12.1 Å². The summed E-state index contributed by atoms with van der Waals surface area (Å²) in [7, 11) is 0. The number of aryl methyl sites for hydroxylation is 1. The van der Waals surface area contributed by atoms with Crippen LogP contribution in [-0.2, 0) is 0 Å². The Morgan fingerprint density at radius 3 is 2.33 bits per heavy atom. The van der Waals surface area contributed by atoms with Gasteiger partial charge in [0.25, 0.3) is 0 Å². The topological polar surface area (TPSA) is 90.9 Å². The molecule has 3 rings (SSSR count). The lowest BCUT2D eigenvalue weighted by molar-refractivity contribution is 0.418. The van der Waals surface area contributed by atoms with Crippen molar-refractivity contribution < 1.29 is 19.7 Å². The predicted molar refractivity (Wildman–Crippen MR) is 77.7 cm³/mol. The molecule has 1 aromatic heterocycles. The fraction of sp³-hybridized carbons (Fsp3) is 0.0625. The maximum atomic E-state index is 11.8. The van der Waals surface area contributed by atoms with Gasteiger partial charge in [-0.05, 0) is 42.3 Å². The quantitative estimate of drug-likeness (QED) is 0.598. The van der Waals surface area contributed by atoms with E-state index in [9.17, 15) is 20.1 Å². The first kappa shape index (κ1) is 13.1. The third kappa shape index (κ3) is 2.08. The monoisotopic (exact) mass is 284 g/mol. The highest BCUT2D eigenvalue weighted by Crippen LogP contribution is 2.38. The third-order valence-corrected chi connectivity index (χ3v) is 3.26. The maximum Gasteiger partial charge on any atom is 0.379 e. The number of rotatable bonds is 1. The van der Waals surface area contributed by atoms with Crippen LogP contribution >= 0.6 is 0 Å². The number of phenols is 2. The third-order valence-electron chi connectivity index (χ3n) is 3.26. The number of benzene rings is 2. The molecular weight excluding hydrogens is 272 g/mol. The lowest BCUT2D eigenvalue weighted by Gasteiger charge is -2.10. The van der Waals surface area contributed by atoms with Crippen molar-refractivity contribution >= 4 is 11.0 Å². The average Bonchev–Trinajstić information content (AvgIpc) is 2.43. The molecule has 106 valence electrons. The van der Waals surface area contributed by atoms with Crippen molar-refractivity contribution in [3.8, 4) is 28.4 Å². The minimum atomic E-state index is -0.926. The predicted octanol–water partition coefficient (Wildman–Crippen LogP) is 2.89. The van der Waals surface area contributed by atoms with Crippen LogP contribution in [0.25, 0.3) is 22.1 Å². The summed E-state index contributed by atoms with van der Waals surface area (Å²) >= 11 is 0. The van der Waals surface area contributed by atoms with E-state index in [1.54, 1.807) is 25.1 Å². The molecule has 0 saturated heterocycles. The minimum absolute atomic E-state index is 0.0199. The van der Waals surface area contributed by atoms with Crippen LogP contribution in [0.4, 0.5) is 0 Å². The van der Waals surface area contributed by atoms with E-state index in [0.717, 1.165) is 5.56 Å². The fourth-order valence-electron chi connectivity index (χ4n) is 2.34. The Morgan fingerprint density at radius 2 is 1.67 bits per heavy atom. The van der Waals surface area contributed by atoms with Crippen molar-refractivity contribution in [1.29, 1.82) is 0 Å². The molecule has 5 heteroatoms. The smallest absolute Gasteiger partial charge is 0.379 e. The second-order valence-corrected chi connectivity index (χ2v) is 4.82. The summed E-state index contributed by atoms with van der Waals surface area (Å²) in [5, 5.41) is 29.8. The molecule has 0 spiro atoms. The molecule has 3 N–H and O–H groups in total. The van der Waals surface area contributed by atoms with Crippen LogP contribution in [0.5, 0.6) is 17.2 Å². The SMILES string of the molecule is Cc1cc(O)c2oc(=O)c(O)c(-c3ccc(O)cc3)c2c1. The van der Waals surface area contributed by atoms with Crippen molar-refractivity contribution in [3.05, 3.63) is 52.4 Å². The van der Waals surface area contributed by atoms with Crippen LogP contribution in [-0.4, -0.2) is 15.3 Å². The Hall–Kier alpha value is -2.95. The van der Waals surface area contributed by atoms with Crippen molar-refractivity contribution in [3.63, 3.8) is 0 Å². The van der Waals surface area contributed by atoms with E-state index in [4.69, 9.17) is 4.42 Å². The first-order chi connectivity index (χ1) is 9.97. The van der Waals surface area contributed by atoms with Crippen LogP contribution in [0.2, 0.25) is 0 Å². The summed E-state index contributed by atoms with van der Waals surface area (Å²) in [5.74, 6) is -0.621. The van der Waals surface area contributed by atoms with Crippen LogP contribution in [0.15, 0.2) is 45.6 Å². The Morgan fingerprint density at radius 1 is 1.00 bits per heavy atom. The Bertz CT molecular complexity index is 891. The number of hydrogen-bond donors (Lipinski definition) is 3. The van der Waals surface area contributed by atoms with Gasteiger partial charge in [0.05, 0.1) is 0 Å². The van der Waals surface area contributed by atoms with Gasteiger partial charge in [-0.2, -0.15) is 0 Å². The van der Waals surface area contributed by atoms with Gasteiger partial charge in [0.2, 0.25) is 5.75 Å².